The van der Waals surface area contributed by atoms with Crippen LogP contribution >= 0.6 is 7.60 Å². The zero-order valence-corrected chi connectivity index (χ0v) is 13.7. The molecule has 22 heavy (non-hydrogen) atoms. The van der Waals surface area contributed by atoms with E-state index in [0.29, 0.717) is 13.0 Å². The summed E-state index contributed by atoms with van der Waals surface area (Å²) in [6, 6.07) is 3.97. The molecule has 1 fully saturated rings. The van der Waals surface area contributed by atoms with Gasteiger partial charge in [0.05, 0.1) is 5.30 Å². The molecule has 1 aliphatic heterocycles. The molecule has 1 unspecified atom stereocenters. The summed E-state index contributed by atoms with van der Waals surface area (Å²) in [5, 5.41) is 9.39. The molecule has 1 aromatic carbocycles. The monoisotopic (exact) mass is 327 g/mol. The van der Waals surface area contributed by atoms with Gasteiger partial charge in [-0.15, -0.1) is 0 Å². The van der Waals surface area contributed by atoms with E-state index in [0.717, 1.165) is 24.1 Å². The summed E-state index contributed by atoms with van der Waals surface area (Å²) in [5.41, 5.74) is 1.54. The van der Waals surface area contributed by atoms with Crippen LogP contribution in [-0.2, 0) is 9.36 Å². The summed E-state index contributed by atoms with van der Waals surface area (Å²) in [5.74, 6) is -0.814. The highest BCUT2D eigenvalue weighted by Crippen LogP contribution is 2.38. The molecular formula is C15H22NO5P. The van der Waals surface area contributed by atoms with Crippen LogP contribution in [0.3, 0.4) is 0 Å². The van der Waals surface area contributed by atoms with E-state index in [-0.39, 0.29) is 11.2 Å². The summed E-state index contributed by atoms with van der Waals surface area (Å²) >= 11 is 0. The van der Waals surface area contributed by atoms with Gasteiger partial charge < -0.3 is 19.8 Å². The molecule has 1 atom stereocenters. The maximum atomic E-state index is 11.5. The minimum atomic E-state index is -4.31. The molecule has 0 aliphatic carbocycles. The van der Waals surface area contributed by atoms with Crippen molar-refractivity contribution in [2.75, 3.05) is 11.4 Å². The Morgan fingerprint density at radius 2 is 2.00 bits per heavy atom. The summed E-state index contributed by atoms with van der Waals surface area (Å²) in [6.07, 6.45) is 2.39. The zero-order valence-electron chi connectivity index (χ0n) is 12.8. The fraction of sp³-hybridized carbons (Fsp3) is 0.533. The Labute approximate surface area is 129 Å². The van der Waals surface area contributed by atoms with Crippen molar-refractivity contribution in [2.45, 2.75) is 45.1 Å². The van der Waals surface area contributed by atoms with Crippen LogP contribution in [0.2, 0.25) is 0 Å². The molecule has 0 bridgehead atoms. The molecule has 6 nitrogen and oxygen atoms in total. The lowest BCUT2D eigenvalue weighted by molar-refractivity contribution is -0.139. The Kier molecular flexibility index (Phi) is 4.95. The third kappa shape index (κ3) is 3.51. The van der Waals surface area contributed by atoms with E-state index in [1.807, 2.05) is 18.7 Å². The fourth-order valence-electron chi connectivity index (χ4n) is 2.92. The van der Waals surface area contributed by atoms with Crippen molar-refractivity contribution in [3.8, 4) is 0 Å². The first-order valence-electron chi connectivity index (χ1n) is 7.41. The number of rotatable bonds is 4. The van der Waals surface area contributed by atoms with Gasteiger partial charge in [0.25, 0.3) is 0 Å². The van der Waals surface area contributed by atoms with Gasteiger partial charge in [0.1, 0.15) is 6.04 Å². The highest BCUT2D eigenvalue weighted by atomic mass is 31.2. The van der Waals surface area contributed by atoms with Crippen molar-refractivity contribution < 1.29 is 24.3 Å². The second kappa shape index (κ2) is 6.41. The summed E-state index contributed by atoms with van der Waals surface area (Å²) in [4.78, 5) is 32.0. The molecule has 0 spiro atoms. The molecule has 0 radical (unpaired) electrons. The van der Waals surface area contributed by atoms with E-state index in [2.05, 4.69) is 0 Å². The van der Waals surface area contributed by atoms with Crippen LogP contribution in [0.5, 0.6) is 0 Å². The van der Waals surface area contributed by atoms with Crippen molar-refractivity contribution in [3.05, 3.63) is 23.8 Å². The van der Waals surface area contributed by atoms with Gasteiger partial charge in [0.15, 0.2) is 0 Å². The number of anilines is 1. The van der Waals surface area contributed by atoms with E-state index in [1.54, 1.807) is 6.07 Å². The number of carbonyl (C=O) groups is 1. The van der Waals surface area contributed by atoms with E-state index in [9.17, 15) is 24.3 Å². The molecule has 1 aliphatic rings. The fourth-order valence-corrected chi connectivity index (χ4v) is 3.50. The highest BCUT2D eigenvalue weighted by Gasteiger charge is 2.31. The SMILES string of the molecule is CC(C)c1cc(P(=O)(O)O)ccc1N1CCCCC1C(=O)O. The predicted molar refractivity (Wildman–Crippen MR) is 84.8 cm³/mol. The molecule has 1 heterocycles. The molecule has 122 valence electrons. The highest BCUT2D eigenvalue weighted by molar-refractivity contribution is 7.60. The van der Waals surface area contributed by atoms with E-state index in [4.69, 9.17) is 0 Å². The summed E-state index contributed by atoms with van der Waals surface area (Å²) < 4.78 is 11.5. The van der Waals surface area contributed by atoms with Crippen LogP contribution in [0.1, 0.15) is 44.6 Å². The standard InChI is InChI=1S/C15H22NO5P/c1-10(2)12-9-11(22(19,20)21)6-7-13(12)16-8-4-3-5-14(16)15(17)18/h6-7,9-10,14H,3-5,8H2,1-2H3,(H,17,18)(H2,19,20,21). The van der Waals surface area contributed by atoms with Crippen molar-refractivity contribution in [2.24, 2.45) is 0 Å². The van der Waals surface area contributed by atoms with Crippen LogP contribution in [0.15, 0.2) is 18.2 Å². The predicted octanol–water partition coefficient (Wildman–Crippen LogP) is 2.06. The van der Waals surface area contributed by atoms with Gasteiger partial charge in [-0.25, -0.2) is 4.79 Å². The first-order valence-corrected chi connectivity index (χ1v) is 9.02. The maximum absolute atomic E-state index is 11.5. The van der Waals surface area contributed by atoms with Crippen molar-refractivity contribution in [1.29, 1.82) is 0 Å². The molecule has 3 N–H and O–H groups in total. The van der Waals surface area contributed by atoms with E-state index in [1.165, 1.54) is 12.1 Å². The van der Waals surface area contributed by atoms with Crippen molar-refractivity contribution in [1.82, 2.24) is 0 Å². The maximum Gasteiger partial charge on any atom is 0.356 e. The number of piperidine rings is 1. The third-order valence-corrected chi connectivity index (χ3v) is 5.02. The number of carboxylic acids is 1. The van der Waals surface area contributed by atoms with Crippen LogP contribution in [-0.4, -0.2) is 33.4 Å². The number of benzene rings is 1. The number of aliphatic carboxylic acids is 1. The van der Waals surface area contributed by atoms with Gasteiger partial charge >= 0.3 is 13.6 Å². The number of carboxylic acid groups (broad SMARTS) is 1. The molecule has 7 heteroatoms. The second-order valence-electron chi connectivity index (χ2n) is 5.99. The van der Waals surface area contributed by atoms with Gasteiger partial charge in [-0.1, -0.05) is 13.8 Å². The number of hydrogen-bond acceptors (Lipinski definition) is 3. The summed E-state index contributed by atoms with van der Waals surface area (Å²) in [6.45, 7) is 4.51. The van der Waals surface area contributed by atoms with Gasteiger partial charge in [0.2, 0.25) is 0 Å². The molecule has 1 saturated heterocycles. The van der Waals surface area contributed by atoms with E-state index >= 15 is 0 Å². The summed E-state index contributed by atoms with van der Waals surface area (Å²) in [7, 11) is -4.31. The Morgan fingerprint density at radius 1 is 1.32 bits per heavy atom. The molecule has 0 saturated carbocycles. The normalized spacial score (nSPS) is 19.5. The average molecular weight is 327 g/mol. The van der Waals surface area contributed by atoms with Crippen LogP contribution in [0.4, 0.5) is 5.69 Å². The first-order chi connectivity index (χ1) is 10.2. The minimum Gasteiger partial charge on any atom is -0.480 e. The smallest absolute Gasteiger partial charge is 0.356 e. The van der Waals surface area contributed by atoms with E-state index < -0.39 is 19.6 Å². The van der Waals surface area contributed by atoms with Gasteiger partial charge in [-0.2, -0.15) is 0 Å². The van der Waals surface area contributed by atoms with Crippen molar-refractivity contribution in [3.63, 3.8) is 0 Å². The molecule has 0 aromatic heterocycles. The Morgan fingerprint density at radius 3 is 2.55 bits per heavy atom. The quantitative estimate of drug-likeness (QED) is 0.732. The minimum absolute atomic E-state index is 0.0242. The van der Waals surface area contributed by atoms with Crippen molar-refractivity contribution >= 4 is 24.6 Å². The third-order valence-electron chi connectivity index (χ3n) is 4.07. The molecule has 1 aromatic rings. The molecule has 2 rings (SSSR count). The van der Waals surface area contributed by atoms with Crippen LogP contribution in [0, 0.1) is 0 Å². The van der Waals surface area contributed by atoms with Crippen LogP contribution < -0.4 is 10.2 Å². The first kappa shape index (κ1) is 17.0. The zero-order chi connectivity index (χ0) is 16.5. The molecular weight excluding hydrogens is 305 g/mol. The van der Waals surface area contributed by atoms with Gasteiger partial charge in [-0.3, -0.25) is 4.57 Å². The van der Waals surface area contributed by atoms with Gasteiger partial charge in [-0.05, 0) is 48.9 Å². The average Bonchev–Trinajstić information content (AvgIpc) is 2.45. The Hall–Kier alpha value is -1.36. The molecule has 0 amide bonds. The lowest BCUT2D eigenvalue weighted by atomic mass is 9.96. The lowest BCUT2D eigenvalue weighted by Crippen LogP contribution is -2.45. The van der Waals surface area contributed by atoms with Crippen LogP contribution in [0.25, 0.3) is 0 Å². The Bertz CT molecular complexity index is 610. The topological polar surface area (TPSA) is 98.1 Å². The van der Waals surface area contributed by atoms with Gasteiger partial charge in [0, 0.05) is 12.2 Å². The Balaban J connectivity index is 2.49. The second-order valence-corrected chi connectivity index (χ2v) is 7.59. The largest absolute Gasteiger partial charge is 0.480 e. The lowest BCUT2D eigenvalue weighted by Gasteiger charge is -2.37. The number of nitrogens with zero attached hydrogens (tertiary/aromatic N) is 1. The number of hydrogen-bond donors (Lipinski definition) is 3.